The fourth-order valence-electron chi connectivity index (χ4n) is 5.34. The number of para-hydroxylation sites is 6. The van der Waals surface area contributed by atoms with Gasteiger partial charge in [-0.1, -0.05) is 84.9 Å². The minimum absolute atomic E-state index is 0.392. The fraction of sp³-hybridized carbons (Fsp3) is 0. The number of anilines is 5. The standard InChI is InChI=1S/C34H24N4/c35-28-23-33(26-17-7-8-18-27(26)34(28)36-24-13-3-1-4-14-24)38-31-21-11-9-19-29(31)37(25-15-5-2-6-16-25)30-20-10-12-22-32(30)38/h1-23,35H. The van der Waals surface area contributed by atoms with Gasteiger partial charge in [0.2, 0.25) is 0 Å². The number of hydrogen-bond donors (Lipinski definition) is 1. The quantitative estimate of drug-likeness (QED) is 0.276. The molecule has 1 heterocycles. The van der Waals surface area contributed by atoms with Gasteiger partial charge in [0.05, 0.1) is 45.6 Å². The summed E-state index contributed by atoms with van der Waals surface area (Å²) in [6, 6.07) is 45.5. The Kier molecular flexibility index (Phi) is 5.22. The van der Waals surface area contributed by atoms with Crippen LogP contribution in [0.3, 0.4) is 0 Å². The number of benzene rings is 5. The number of fused-ring (bicyclic) bond motifs is 3. The van der Waals surface area contributed by atoms with Gasteiger partial charge in [-0.2, -0.15) is 0 Å². The van der Waals surface area contributed by atoms with Gasteiger partial charge in [-0.25, -0.2) is 4.99 Å². The summed E-state index contributed by atoms with van der Waals surface area (Å²) in [5.41, 5.74) is 10.3. The Morgan fingerprint density at radius 3 is 1.55 bits per heavy atom. The largest absolute Gasteiger partial charge is 0.306 e. The van der Waals surface area contributed by atoms with Gasteiger partial charge in [0.15, 0.2) is 0 Å². The van der Waals surface area contributed by atoms with Crippen LogP contribution in [0.2, 0.25) is 0 Å². The molecular formula is C34H24N4. The second-order valence-electron chi connectivity index (χ2n) is 9.27. The van der Waals surface area contributed by atoms with Crippen LogP contribution in [0.15, 0.2) is 145 Å². The zero-order chi connectivity index (χ0) is 25.5. The van der Waals surface area contributed by atoms with E-state index < -0.39 is 0 Å². The van der Waals surface area contributed by atoms with Crippen LogP contribution in [0.4, 0.5) is 34.1 Å². The molecule has 0 spiro atoms. The second-order valence-corrected chi connectivity index (χ2v) is 9.27. The molecule has 0 unspecified atom stereocenters. The van der Waals surface area contributed by atoms with Crippen LogP contribution in [-0.2, 0) is 0 Å². The Morgan fingerprint density at radius 2 is 0.947 bits per heavy atom. The molecule has 7 rings (SSSR count). The first-order valence-corrected chi connectivity index (χ1v) is 12.7. The van der Waals surface area contributed by atoms with E-state index in [1.165, 1.54) is 0 Å². The van der Waals surface area contributed by atoms with Crippen LogP contribution in [0.5, 0.6) is 0 Å². The Balaban J connectivity index is 1.45. The summed E-state index contributed by atoms with van der Waals surface area (Å²) < 4.78 is 0. The molecule has 0 aromatic heterocycles. The SMILES string of the molecule is N=C1C=C(N2c3ccccc3N(c3ccccc3)c3ccccc32)c2ccccc2C1=Nc1ccccc1. The van der Waals surface area contributed by atoms with Crippen molar-refractivity contribution in [1.82, 2.24) is 0 Å². The van der Waals surface area contributed by atoms with E-state index in [0.29, 0.717) is 11.4 Å². The molecule has 1 aliphatic carbocycles. The third-order valence-electron chi connectivity index (χ3n) is 6.97. The van der Waals surface area contributed by atoms with Crippen molar-refractivity contribution in [1.29, 1.82) is 5.41 Å². The Labute approximate surface area is 222 Å². The summed E-state index contributed by atoms with van der Waals surface area (Å²) in [7, 11) is 0. The van der Waals surface area contributed by atoms with Gasteiger partial charge in [-0.3, -0.25) is 5.41 Å². The van der Waals surface area contributed by atoms with E-state index in [-0.39, 0.29) is 0 Å². The molecular weight excluding hydrogens is 464 g/mol. The van der Waals surface area contributed by atoms with E-state index in [4.69, 9.17) is 10.4 Å². The maximum absolute atomic E-state index is 9.07. The van der Waals surface area contributed by atoms with Gasteiger partial charge in [-0.05, 0) is 54.6 Å². The summed E-state index contributed by atoms with van der Waals surface area (Å²) in [5.74, 6) is 0. The highest BCUT2D eigenvalue weighted by Gasteiger charge is 2.34. The molecule has 0 fully saturated rings. The van der Waals surface area contributed by atoms with Crippen LogP contribution < -0.4 is 9.80 Å². The van der Waals surface area contributed by atoms with Crippen molar-refractivity contribution in [2.24, 2.45) is 4.99 Å². The minimum atomic E-state index is 0.392. The molecule has 0 saturated heterocycles. The number of allylic oxidation sites excluding steroid dienone is 1. The van der Waals surface area contributed by atoms with Crippen LogP contribution in [0, 0.1) is 5.41 Å². The molecule has 5 aromatic carbocycles. The van der Waals surface area contributed by atoms with E-state index in [2.05, 4.69) is 101 Å². The predicted molar refractivity (Wildman–Crippen MR) is 158 cm³/mol. The van der Waals surface area contributed by atoms with Crippen LogP contribution in [0.25, 0.3) is 5.70 Å². The molecule has 4 heteroatoms. The lowest BCUT2D eigenvalue weighted by molar-refractivity contribution is 1.17. The summed E-state index contributed by atoms with van der Waals surface area (Å²) in [6.07, 6.45) is 1.95. The van der Waals surface area contributed by atoms with E-state index in [1.54, 1.807) is 0 Å². The molecule has 0 radical (unpaired) electrons. The van der Waals surface area contributed by atoms with Gasteiger partial charge < -0.3 is 9.80 Å². The smallest absolute Gasteiger partial charge is 0.0966 e. The Bertz CT molecular complexity index is 1690. The molecule has 1 N–H and O–H groups in total. The first-order valence-electron chi connectivity index (χ1n) is 12.7. The van der Waals surface area contributed by atoms with Crippen molar-refractivity contribution in [2.45, 2.75) is 0 Å². The number of nitrogens with one attached hydrogen (secondary N) is 1. The van der Waals surface area contributed by atoms with Crippen molar-refractivity contribution >= 4 is 51.2 Å². The molecule has 2 aliphatic rings. The molecule has 180 valence electrons. The molecule has 0 saturated carbocycles. The summed E-state index contributed by atoms with van der Waals surface area (Å²) in [6.45, 7) is 0. The average Bonchev–Trinajstić information content (AvgIpc) is 2.98. The second kappa shape index (κ2) is 9.02. The van der Waals surface area contributed by atoms with Crippen LogP contribution in [0.1, 0.15) is 11.1 Å². The third-order valence-corrected chi connectivity index (χ3v) is 6.97. The first-order chi connectivity index (χ1) is 18.8. The summed E-state index contributed by atoms with van der Waals surface area (Å²) in [4.78, 5) is 9.48. The summed E-state index contributed by atoms with van der Waals surface area (Å²) >= 11 is 0. The van der Waals surface area contributed by atoms with Crippen molar-refractivity contribution in [2.75, 3.05) is 9.80 Å². The fourth-order valence-corrected chi connectivity index (χ4v) is 5.34. The summed E-state index contributed by atoms with van der Waals surface area (Å²) in [5, 5.41) is 9.07. The van der Waals surface area contributed by atoms with Gasteiger partial charge in [0.1, 0.15) is 0 Å². The number of aliphatic imine (C=N–C) groups is 1. The average molecular weight is 489 g/mol. The highest BCUT2D eigenvalue weighted by molar-refractivity contribution is 6.54. The first kappa shape index (κ1) is 22.0. The highest BCUT2D eigenvalue weighted by Crippen LogP contribution is 2.54. The number of nitrogens with zero attached hydrogens (tertiary/aromatic N) is 3. The van der Waals surface area contributed by atoms with E-state index in [1.807, 2.05) is 48.5 Å². The Morgan fingerprint density at radius 1 is 0.474 bits per heavy atom. The van der Waals surface area contributed by atoms with Crippen molar-refractivity contribution < 1.29 is 0 Å². The lowest BCUT2D eigenvalue weighted by atomic mass is 9.89. The van der Waals surface area contributed by atoms with Gasteiger partial charge in [0.25, 0.3) is 0 Å². The van der Waals surface area contributed by atoms with E-state index in [9.17, 15) is 0 Å². The maximum atomic E-state index is 9.07. The van der Waals surface area contributed by atoms with Crippen LogP contribution >= 0.6 is 0 Å². The van der Waals surface area contributed by atoms with Gasteiger partial charge >= 0.3 is 0 Å². The van der Waals surface area contributed by atoms with Crippen LogP contribution in [-0.4, -0.2) is 11.4 Å². The zero-order valence-electron chi connectivity index (χ0n) is 20.6. The molecule has 38 heavy (non-hydrogen) atoms. The Hall–Kier alpha value is -5.22. The third kappa shape index (κ3) is 3.54. The number of hydrogen-bond acceptors (Lipinski definition) is 4. The zero-order valence-corrected chi connectivity index (χ0v) is 20.6. The molecule has 5 aromatic rings. The minimum Gasteiger partial charge on any atom is -0.306 e. The molecule has 0 bridgehead atoms. The maximum Gasteiger partial charge on any atom is 0.0966 e. The van der Waals surface area contributed by atoms with E-state index >= 15 is 0 Å². The van der Waals surface area contributed by atoms with Crippen molar-refractivity contribution in [3.05, 3.63) is 151 Å². The predicted octanol–water partition coefficient (Wildman–Crippen LogP) is 8.80. The number of rotatable bonds is 3. The molecule has 0 atom stereocenters. The lowest BCUT2D eigenvalue weighted by Crippen LogP contribution is -2.30. The molecule has 4 nitrogen and oxygen atoms in total. The van der Waals surface area contributed by atoms with Gasteiger partial charge in [-0.15, -0.1) is 0 Å². The monoisotopic (exact) mass is 488 g/mol. The lowest BCUT2D eigenvalue weighted by Gasteiger charge is -2.42. The van der Waals surface area contributed by atoms with Crippen molar-refractivity contribution in [3.63, 3.8) is 0 Å². The topological polar surface area (TPSA) is 42.7 Å². The molecule has 0 amide bonds. The highest BCUT2D eigenvalue weighted by atomic mass is 15.3. The molecule has 1 aliphatic heterocycles. The normalized spacial score (nSPS) is 15.0. The van der Waals surface area contributed by atoms with E-state index in [0.717, 1.165) is 50.9 Å². The van der Waals surface area contributed by atoms with Crippen molar-refractivity contribution in [3.8, 4) is 0 Å². The van der Waals surface area contributed by atoms with Gasteiger partial charge in [0, 0.05) is 16.8 Å².